The van der Waals surface area contributed by atoms with Crippen LogP contribution < -0.4 is 9.47 Å². The van der Waals surface area contributed by atoms with Crippen molar-refractivity contribution in [2.45, 2.75) is 20.3 Å². The van der Waals surface area contributed by atoms with Crippen LogP contribution in [-0.4, -0.2) is 13.2 Å². The molecule has 0 aliphatic rings. The Morgan fingerprint density at radius 3 is 2.11 bits per heavy atom. The first kappa shape index (κ1) is 13.5. The van der Waals surface area contributed by atoms with E-state index < -0.39 is 0 Å². The minimum atomic E-state index is 0.675. The largest absolute Gasteiger partial charge is 0.493 e. The first-order chi connectivity index (χ1) is 9.24. The van der Waals surface area contributed by atoms with E-state index in [2.05, 4.69) is 32.0 Å². The van der Waals surface area contributed by atoms with Crippen LogP contribution in [0.1, 0.15) is 17.5 Å². The topological polar surface area (TPSA) is 18.5 Å². The maximum atomic E-state index is 5.66. The molecule has 0 amide bonds. The van der Waals surface area contributed by atoms with Crippen molar-refractivity contribution in [1.82, 2.24) is 0 Å². The fraction of sp³-hybridized carbons (Fsp3) is 0.294. The minimum Gasteiger partial charge on any atom is -0.493 e. The molecule has 100 valence electrons. The van der Waals surface area contributed by atoms with Gasteiger partial charge < -0.3 is 9.47 Å². The lowest BCUT2D eigenvalue weighted by Gasteiger charge is -2.08. The molecule has 0 atom stereocenters. The third-order valence-electron chi connectivity index (χ3n) is 2.84. The average molecular weight is 256 g/mol. The molecule has 19 heavy (non-hydrogen) atoms. The summed E-state index contributed by atoms with van der Waals surface area (Å²) in [4.78, 5) is 0. The SMILES string of the molecule is Cc1ccc(OCCCOc2cccc(C)c2)cc1. The van der Waals surface area contributed by atoms with Gasteiger partial charge in [-0.1, -0.05) is 29.8 Å². The number of hydrogen-bond donors (Lipinski definition) is 0. The second-order valence-corrected chi connectivity index (χ2v) is 4.68. The predicted molar refractivity (Wildman–Crippen MR) is 78.0 cm³/mol. The Morgan fingerprint density at radius 2 is 1.42 bits per heavy atom. The molecule has 0 bridgehead atoms. The van der Waals surface area contributed by atoms with Crippen molar-refractivity contribution in [3.63, 3.8) is 0 Å². The van der Waals surface area contributed by atoms with Crippen LogP contribution in [0.4, 0.5) is 0 Å². The van der Waals surface area contributed by atoms with Gasteiger partial charge in [-0.15, -0.1) is 0 Å². The van der Waals surface area contributed by atoms with Crippen LogP contribution in [0.3, 0.4) is 0 Å². The first-order valence-corrected chi connectivity index (χ1v) is 6.63. The summed E-state index contributed by atoms with van der Waals surface area (Å²) in [6, 6.07) is 16.2. The van der Waals surface area contributed by atoms with E-state index in [0.29, 0.717) is 13.2 Å². The van der Waals surface area contributed by atoms with Gasteiger partial charge in [-0.05, 0) is 43.7 Å². The molecule has 0 aromatic heterocycles. The van der Waals surface area contributed by atoms with Crippen molar-refractivity contribution in [1.29, 1.82) is 0 Å². The van der Waals surface area contributed by atoms with E-state index in [0.717, 1.165) is 17.9 Å². The van der Waals surface area contributed by atoms with E-state index in [1.54, 1.807) is 0 Å². The van der Waals surface area contributed by atoms with Crippen LogP contribution in [0.25, 0.3) is 0 Å². The van der Waals surface area contributed by atoms with Crippen molar-refractivity contribution >= 4 is 0 Å². The van der Waals surface area contributed by atoms with Crippen molar-refractivity contribution in [2.24, 2.45) is 0 Å². The lowest BCUT2D eigenvalue weighted by atomic mass is 10.2. The third kappa shape index (κ3) is 4.66. The van der Waals surface area contributed by atoms with E-state index in [9.17, 15) is 0 Å². The smallest absolute Gasteiger partial charge is 0.119 e. The fourth-order valence-electron chi connectivity index (χ4n) is 1.78. The Labute approximate surface area is 115 Å². The highest BCUT2D eigenvalue weighted by molar-refractivity contribution is 5.27. The quantitative estimate of drug-likeness (QED) is 0.723. The zero-order chi connectivity index (χ0) is 13.5. The Kier molecular flexibility index (Phi) is 4.85. The summed E-state index contributed by atoms with van der Waals surface area (Å²) in [6.07, 6.45) is 0.877. The molecule has 2 aromatic rings. The lowest BCUT2D eigenvalue weighted by molar-refractivity contribution is 0.247. The molecule has 0 unspecified atom stereocenters. The number of rotatable bonds is 6. The Hall–Kier alpha value is -1.96. The molecule has 0 aliphatic heterocycles. The van der Waals surface area contributed by atoms with Crippen LogP contribution in [0.5, 0.6) is 11.5 Å². The molecule has 2 heteroatoms. The van der Waals surface area contributed by atoms with Gasteiger partial charge in [0.05, 0.1) is 13.2 Å². The van der Waals surface area contributed by atoms with Gasteiger partial charge in [-0.2, -0.15) is 0 Å². The molecular formula is C17H20O2. The Bertz CT molecular complexity index is 503. The van der Waals surface area contributed by atoms with Crippen molar-refractivity contribution in [3.8, 4) is 11.5 Å². The minimum absolute atomic E-state index is 0.675. The summed E-state index contributed by atoms with van der Waals surface area (Å²) in [5.74, 6) is 1.84. The Morgan fingerprint density at radius 1 is 0.737 bits per heavy atom. The summed E-state index contributed by atoms with van der Waals surface area (Å²) < 4.78 is 11.3. The molecule has 0 heterocycles. The second kappa shape index (κ2) is 6.83. The zero-order valence-electron chi connectivity index (χ0n) is 11.6. The molecule has 0 saturated heterocycles. The second-order valence-electron chi connectivity index (χ2n) is 4.68. The molecule has 0 saturated carbocycles. The molecule has 0 fully saturated rings. The molecule has 0 radical (unpaired) electrons. The van der Waals surface area contributed by atoms with Crippen molar-refractivity contribution in [3.05, 3.63) is 59.7 Å². The number of aryl methyl sites for hydroxylation is 2. The highest BCUT2D eigenvalue weighted by atomic mass is 16.5. The van der Waals surface area contributed by atoms with Crippen LogP contribution in [-0.2, 0) is 0 Å². The summed E-state index contributed by atoms with van der Waals surface area (Å²) >= 11 is 0. The van der Waals surface area contributed by atoms with Crippen molar-refractivity contribution in [2.75, 3.05) is 13.2 Å². The van der Waals surface area contributed by atoms with Gasteiger partial charge in [0.2, 0.25) is 0 Å². The molecule has 0 aliphatic carbocycles. The van der Waals surface area contributed by atoms with E-state index >= 15 is 0 Å². The predicted octanol–water partition coefficient (Wildman–Crippen LogP) is 4.15. The van der Waals surface area contributed by atoms with E-state index in [1.807, 2.05) is 30.3 Å². The summed E-state index contributed by atoms with van der Waals surface area (Å²) in [5, 5.41) is 0. The number of hydrogen-bond acceptors (Lipinski definition) is 2. The summed E-state index contributed by atoms with van der Waals surface area (Å²) in [7, 11) is 0. The number of benzene rings is 2. The molecule has 2 nitrogen and oxygen atoms in total. The normalized spacial score (nSPS) is 10.2. The van der Waals surface area contributed by atoms with Crippen LogP contribution in [0.2, 0.25) is 0 Å². The van der Waals surface area contributed by atoms with Gasteiger partial charge in [-0.3, -0.25) is 0 Å². The highest BCUT2D eigenvalue weighted by Crippen LogP contribution is 2.13. The van der Waals surface area contributed by atoms with Crippen LogP contribution >= 0.6 is 0 Å². The standard InChI is InChI=1S/C17H20O2/c1-14-7-9-16(10-8-14)18-11-4-12-19-17-6-3-5-15(2)13-17/h3,5-10,13H,4,11-12H2,1-2H3. The summed E-state index contributed by atoms with van der Waals surface area (Å²) in [6.45, 7) is 5.48. The van der Waals surface area contributed by atoms with Gasteiger partial charge in [0.1, 0.15) is 11.5 Å². The molecule has 0 N–H and O–H groups in total. The fourth-order valence-corrected chi connectivity index (χ4v) is 1.78. The van der Waals surface area contributed by atoms with Crippen LogP contribution in [0, 0.1) is 13.8 Å². The van der Waals surface area contributed by atoms with Gasteiger partial charge in [0.25, 0.3) is 0 Å². The highest BCUT2D eigenvalue weighted by Gasteiger charge is 1.96. The molecule has 2 aromatic carbocycles. The maximum absolute atomic E-state index is 5.66. The van der Waals surface area contributed by atoms with Crippen LogP contribution in [0.15, 0.2) is 48.5 Å². The first-order valence-electron chi connectivity index (χ1n) is 6.63. The van der Waals surface area contributed by atoms with E-state index in [1.165, 1.54) is 11.1 Å². The number of ether oxygens (including phenoxy) is 2. The van der Waals surface area contributed by atoms with Crippen molar-refractivity contribution < 1.29 is 9.47 Å². The maximum Gasteiger partial charge on any atom is 0.119 e. The lowest BCUT2D eigenvalue weighted by Crippen LogP contribution is -2.05. The zero-order valence-corrected chi connectivity index (χ0v) is 11.6. The van der Waals surface area contributed by atoms with Gasteiger partial charge in [-0.25, -0.2) is 0 Å². The van der Waals surface area contributed by atoms with Gasteiger partial charge in [0, 0.05) is 6.42 Å². The summed E-state index contributed by atoms with van der Waals surface area (Å²) in [5.41, 5.74) is 2.46. The molecule has 2 rings (SSSR count). The monoisotopic (exact) mass is 256 g/mol. The van der Waals surface area contributed by atoms with Gasteiger partial charge >= 0.3 is 0 Å². The Balaban J connectivity index is 1.66. The molecule has 0 spiro atoms. The van der Waals surface area contributed by atoms with Gasteiger partial charge in [0.15, 0.2) is 0 Å². The van der Waals surface area contributed by atoms with E-state index in [-0.39, 0.29) is 0 Å². The molecular weight excluding hydrogens is 236 g/mol. The van der Waals surface area contributed by atoms with E-state index in [4.69, 9.17) is 9.47 Å². The average Bonchev–Trinajstić information content (AvgIpc) is 2.41. The third-order valence-corrected chi connectivity index (χ3v) is 2.84.